The van der Waals surface area contributed by atoms with Crippen LogP contribution in [0.25, 0.3) is 10.8 Å². The maximum atomic E-state index is 13.5. The van der Waals surface area contributed by atoms with E-state index in [1.54, 1.807) is 0 Å². The summed E-state index contributed by atoms with van der Waals surface area (Å²) < 4.78 is 37.7. The third-order valence-corrected chi connectivity index (χ3v) is 5.01. The topological polar surface area (TPSA) is 94.3 Å². The molecule has 0 aliphatic heterocycles. The number of nitrogens with zero attached hydrogens (tertiary/aromatic N) is 2. The fourth-order valence-electron chi connectivity index (χ4n) is 2.10. The lowest BCUT2D eigenvalue weighted by Gasteiger charge is -2.06. The highest BCUT2D eigenvalue weighted by atomic mass is 79.9. The number of nitrogens with one attached hydrogen (secondary N) is 1. The Hall–Kier alpha value is -2.66. The van der Waals surface area contributed by atoms with Crippen molar-refractivity contribution in [2.75, 3.05) is 6.54 Å². The van der Waals surface area contributed by atoms with E-state index in [2.05, 4.69) is 31.4 Å². The van der Waals surface area contributed by atoms with Crippen molar-refractivity contribution >= 4 is 39.1 Å². The van der Waals surface area contributed by atoms with Gasteiger partial charge in [-0.05, 0) is 40.2 Å². The Kier molecular flexibility index (Phi) is 6.47. The minimum Gasteiger partial charge on any atom is -0.456 e. The normalized spacial score (nSPS) is 10.7. The Morgan fingerprint density at radius 1 is 1.21 bits per heavy atom. The summed E-state index contributed by atoms with van der Waals surface area (Å²) in [5.74, 6) is -2.69. The smallest absolute Gasteiger partial charge is 0.308 e. The van der Waals surface area contributed by atoms with Gasteiger partial charge in [-0.2, -0.15) is 0 Å². The van der Waals surface area contributed by atoms with Gasteiger partial charge in [0.05, 0.1) is 20.6 Å². The minimum absolute atomic E-state index is 0.0766. The van der Waals surface area contributed by atoms with Crippen LogP contribution in [0.2, 0.25) is 0 Å². The molecule has 0 saturated carbocycles. The SMILES string of the molecule is O=C(CCNC(=O)c1ccc(F)cc1F)OCc1nnc(-c2ccc(Br)s2)o1. The van der Waals surface area contributed by atoms with E-state index in [1.165, 1.54) is 11.3 Å². The van der Waals surface area contributed by atoms with Crippen LogP contribution >= 0.6 is 27.3 Å². The summed E-state index contributed by atoms with van der Waals surface area (Å²) in [6, 6.07) is 6.26. The van der Waals surface area contributed by atoms with Gasteiger partial charge in [0.25, 0.3) is 17.7 Å². The average molecular weight is 472 g/mol. The lowest BCUT2D eigenvalue weighted by atomic mass is 10.2. The number of aromatic nitrogens is 2. The molecule has 2 heterocycles. The Bertz CT molecular complexity index is 1010. The number of halogens is 3. The molecule has 7 nitrogen and oxygen atoms in total. The Morgan fingerprint density at radius 2 is 2.04 bits per heavy atom. The standard InChI is InChI=1S/C17H12BrF2N3O4S/c18-13-4-3-12(28-13)17-23-22-14(27-17)8-26-15(24)5-6-21-16(25)10-2-1-9(19)7-11(10)20/h1-4,7H,5-6,8H2,(H,21,25). The fraction of sp³-hybridized carbons (Fsp3) is 0.176. The summed E-state index contributed by atoms with van der Waals surface area (Å²) >= 11 is 4.75. The summed E-state index contributed by atoms with van der Waals surface area (Å²) in [5, 5.41) is 10.0. The van der Waals surface area contributed by atoms with Crippen molar-refractivity contribution in [3.8, 4) is 10.8 Å². The number of hydrogen-bond acceptors (Lipinski definition) is 7. The predicted octanol–water partition coefficient (Wildman–Crippen LogP) is 3.70. The molecule has 0 fully saturated rings. The van der Waals surface area contributed by atoms with Gasteiger partial charge in [0, 0.05) is 12.6 Å². The number of rotatable bonds is 7. The molecular formula is C17H12BrF2N3O4S. The first-order chi connectivity index (χ1) is 13.4. The number of ether oxygens (including phenoxy) is 1. The fourth-order valence-corrected chi connectivity index (χ4v) is 3.41. The second kappa shape index (κ2) is 9.02. The average Bonchev–Trinajstić information content (AvgIpc) is 3.28. The first kappa shape index (κ1) is 20.1. The second-order valence-corrected chi connectivity index (χ2v) is 7.86. The zero-order chi connectivity index (χ0) is 20.1. The number of carbonyl (C=O) groups excluding carboxylic acids is 2. The second-order valence-electron chi connectivity index (χ2n) is 5.40. The molecule has 0 aliphatic carbocycles. The minimum atomic E-state index is -0.981. The van der Waals surface area contributed by atoms with Gasteiger partial charge < -0.3 is 14.5 Å². The molecule has 1 N–H and O–H groups in total. The van der Waals surface area contributed by atoms with Gasteiger partial charge in [0.1, 0.15) is 11.6 Å². The summed E-state index contributed by atoms with van der Waals surface area (Å²) in [6.45, 7) is -0.286. The summed E-state index contributed by atoms with van der Waals surface area (Å²) in [7, 11) is 0. The van der Waals surface area contributed by atoms with Crippen LogP contribution in [0.4, 0.5) is 8.78 Å². The van der Waals surface area contributed by atoms with Gasteiger partial charge in [-0.15, -0.1) is 21.5 Å². The van der Waals surface area contributed by atoms with E-state index in [0.717, 1.165) is 20.8 Å². The summed E-state index contributed by atoms with van der Waals surface area (Å²) in [5.41, 5.74) is -0.312. The Balaban J connectivity index is 1.42. The van der Waals surface area contributed by atoms with E-state index in [1.807, 2.05) is 12.1 Å². The number of hydrogen-bond donors (Lipinski definition) is 1. The van der Waals surface area contributed by atoms with Crippen molar-refractivity contribution < 1.29 is 27.5 Å². The first-order valence-corrected chi connectivity index (χ1v) is 9.50. The van der Waals surface area contributed by atoms with Crippen molar-refractivity contribution in [3.05, 3.63) is 57.2 Å². The van der Waals surface area contributed by atoms with E-state index < -0.39 is 23.5 Å². The number of esters is 1. The van der Waals surface area contributed by atoms with E-state index in [9.17, 15) is 18.4 Å². The lowest BCUT2D eigenvalue weighted by molar-refractivity contribution is -0.145. The Labute approximate surface area is 169 Å². The van der Waals surface area contributed by atoms with Gasteiger partial charge in [-0.1, -0.05) is 0 Å². The molecule has 146 valence electrons. The quantitative estimate of drug-likeness (QED) is 0.527. The third kappa shape index (κ3) is 5.20. The molecule has 0 atom stereocenters. The van der Waals surface area contributed by atoms with E-state index in [4.69, 9.17) is 9.15 Å². The first-order valence-electron chi connectivity index (χ1n) is 7.89. The van der Waals surface area contributed by atoms with E-state index in [0.29, 0.717) is 12.0 Å². The molecule has 0 radical (unpaired) electrons. The molecule has 28 heavy (non-hydrogen) atoms. The number of benzene rings is 1. The van der Waals surface area contributed by atoms with Crippen LogP contribution in [0, 0.1) is 11.6 Å². The number of carbonyl (C=O) groups is 2. The molecule has 2 aromatic heterocycles. The molecule has 1 aromatic carbocycles. The highest BCUT2D eigenvalue weighted by Crippen LogP contribution is 2.30. The zero-order valence-electron chi connectivity index (χ0n) is 14.1. The third-order valence-electron chi connectivity index (χ3n) is 3.40. The summed E-state index contributed by atoms with van der Waals surface area (Å²) in [6.07, 6.45) is -0.145. The molecule has 0 unspecified atom stereocenters. The molecular weight excluding hydrogens is 460 g/mol. The van der Waals surface area contributed by atoms with Gasteiger partial charge in [-0.25, -0.2) is 8.78 Å². The van der Waals surface area contributed by atoms with Gasteiger partial charge in [0.15, 0.2) is 6.61 Å². The molecule has 0 spiro atoms. The van der Waals surface area contributed by atoms with Crippen LogP contribution in [0.5, 0.6) is 0 Å². The lowest BCUT2D eigenvalue weighted by Crippen LogP contribution is -2.27. The molecule has 11 heteroatoms. The van der Waals surface area contributed by atoms with Crippen LogP contribution in [-0.4, -0.2) is 28.6 Å². The molecule has 3 aromatic rings. The molecule has 1 amide bonds. The molecule has 3 rings (SSSR count). The van der Waals surface area contributed by atoms with Gasteiger partial charge >= 0.3 is 5.97 Å². The van der Waals surface area contributed by atoms with Crippen LogP contribution in [0.1, 0.15) is 22.7 Å². The van der Waals surface area contributed by atoms with E-state index >= 15 is 0 Å². The zero-order valence-corrected chi connectivity index (χ0v) is 16.5. The molecule has 0 saturated heterocycles. The predicted molar refractivity (Wildman–Crippen MR) is 98.4 cm³/mol. The van der Waals surface area contributed by atoms with Crippen molar-refractivity contribution in [1.82, 2.24) is 15.5 Å². The van der Waals surface area contributed by atoms with Crippen molar-refractivity contribution in [2.45, 2.75) is 13.0 Å². The van der Waals surface area contributed by atoms with Crippen LogP contribution in [0.15, 0.2) is 38.5 Å². The van der Waals surface area contributed by atoms with Crippen LogP contribution < -0.4 is 5.32 Å². The van der Waals surface area contributed by atoms with Gasteiger partial charge in [0.2, 0.25) is 0 Å². The van der Waals surface area contributed by atoms with Crippen molar-refractivity contribution in [3.63, 3.8) is 0 Å². The van der Waals surface area contributed by atoms with Crippen LogP contribution in [-0.2, 0) is 16.1 Å². The Morgan fingerprint density at radius 3 is 2.75 bits per heavy atom. The van der Waals surface area contributed by atoms with Gasteiger partial charge in [-0.3, -0.25) is 9.59 Å². The summed E-state index contributed by atoms with van der Waals surface area (Å²) in [4.78, 5) is 24.3. The van der Waals surface area contributed by atoms with E-state index in [-0.39, 0.29) is 31.0 Å². The van der Waals surface area contributed by atoms with Crippen molar-refractivity contribution in [2.24, 2.45) is 0 Å². The molecule has 0 bridgehead atoms. The molecule has 0 aliphatic rings. The largest absolute Gasteiger partial charge is 0.456 e. The van der Waals surface area contributed by atoms with Crippen molar-refractivity contribution in [1.29, 1.82) is 0 Å². The number of thiophene rings is 1. The van der Waals surface area contributed by atoms with Crippen LogP contribution in [0.3, 0.4) is 0 Å². The maximum Gasteiger partial charge on any atom is 0.308 e. The maximum absolute atomic E-state index is 13.5. The monoisotopic (exact) mass is 471 g/mol. The highest BCUT2D eigenvalue weighted by molar-refractivity contribution is 9.11. The highest BCUT2D eigenvalue weighted by Gasteiger charge is 2.14. The number of amides is 1.